The fourth-order valence-corrected chi connectivity index (χ4v) is 2.07. The van der Waals surface area contributed by atoms with Crippen molar-refractivity contribution in [1.29, 1.82) is 0 Å². The van der Waals surface area contributed by atoms with E-state index < -0.39 is 0 Å². The van der Waals surface area contributed by atoms with E-state index in [1.54, 1.807) is 29.8 Å². The van der Waals surface area contributed by atoms with E-state index in [4.69, 9.17) is 0 Å². The first kappa shape index (κ1) is 10.1. The van der Waals surface area contributed by atoms with Gasteiger partial charge in [0.15, 0.2) is 5.78 Å². The fourth-order valence-electron chi connectivity index (χ4n) is 1.36. The normalized spacial score (nSPS) is 10.1. The van der Waals surface area contributed by atoms with E-state index in [9.17, 15) is 4.79 Å². The Balaban J connectivity index is 1.94. The van der Waals surface area contributed by atoms with E-state index in [-0.39, 0.29) is 5.78 Å². The van der Waals surface area contributed by atoms with Crippen LogP contribution in [-0.2, 0) is 6.42 Å². The minimum Gasteiger partial charge on any atom is -0.294 e. The van der Waals surface area contributed by atoms with Crippen LogP contribution in [0.4, 0.5) is 0 Å². The summed E-state index contributed by atoms with van der Waals surface area (Å²) in [5.74, 6) is 0.161. The van der Waals surface area contributed by atoms with Crippen LogP contribution in [0.5, 0.6) is 0 Å². The molecule has 0 aromatic carbocycles. The van der Waals surface area contributed by atoms with Crippen LogP contribution in [0.15, 0.2) is 41.4 Å². The largest absolute Gasteiger partial charge is 0.294 e. The van der Waals surface area contributed by atoms with Crippen LogP contribution in [0.3, 0.4) is 0 Å². The summed E-state index contributed by atoms with van der Waals surface area (Å²) in [6, 6.07) is 5.65. The Kier molecular flexibility index (Phi) is 3.25. The molecule has 0 aliphatic heterocycles. The standard InChI is InChI=1S/C12H11NOS/c14-12(11-2-1-6-13-8-11)4-3-10-5-7-15-9-10/h1-2,5-9H,3-4H2. The van der Waals surface area contributed by atoms with Crippen LogP contribution in [-0.4, -0.2) is 10.8 Å². The smallest absolute Gasteiger partial charge is 0.164 e. The molecule has 0 aliphatic rings. The van der Waals surface area contributed by atoms with Crippen molar-refractivity contribution in [2.45, 2.75) is 12.8 Å². The maximum atomic E-state index is 11.7. The highest BCUT2D eigenvalue weighted by Gasteiger charge is 2.05. The van der Waals surface area contributed by atoms with Gasteiger partial charge in [-0.1, -0.05) is 0 Å². The van der Waals surface area contributed by atoms with Crippen molar-refractivity contribution in [2.24, 2.45) is 0 Å². The van der Waals surface area contributed by atoms with Crippen LogP contribution in [0.25, 0.3) is 0 Å². The lowest BCUT2D eigenvalue weighted by Gasteiger charge is -1.98. The molecule has 0 bridgehead atoms. The van der Waals surface area contributed by atoms with E-state index in [1.165, 1.54) is 5.56 Å². The minimum absolute atomic E-state index is 0.161. The monoisotopic (exact) mass is 217 g/mol. The van der Waals surface area contributed by atoms with Gasteiger partial charge in [-0.2, -0.15) is 11.3 Å². The molecule has 2 aromatic heterocycles. The summed E-state index contributed by atoms with van der Waals surface area (Å²) in [6.45, 7) is 0. The van der Waals surface area contributed by atoms with Gasteiger partial charge in [-0.05, 0) is 40.9 Å². The molecular weight excluding hydrogens is 206 g/mol. The highest BCUT2D eigenvalue weighted by molar-refractivity contribution is 7.07. The Labute approximate surface area is 92.6 Å². The first-order valence-electron chi connectivity index (χ1n) is 4.80. The van der Waals surface area contributed by atoms with E-state index in [1.807, 2.05) is 11.4 Å². The molecule has 0 N–H and O–H groups in total. The number of hydrogen-bond donors (Lipinski definition) is 0. The summed E-state index contributed by atoms with van der Waals surface area (Å²) in [7, 11) is 0. The molecule has 0 amide bonds. The molecule has 3 heteroatoms. The predicted molar refractivity (Wildman–Crippen MR) is 61.2 cm³/mol. The summed E-state index contributed by atoms with van der Waals surface area (Å²) < 4.78 is 0. The van der Waals surface area contributed by atoms with E-state index in [0.29, 0.717) is 12.0 Å². The molecule has 76 valence electrons. The number of nitrogens with zero attached hydrogens (tertiary/aromatic N) is 1. The van der Waals surface area contributed by atoms with E-state index >= 15 is 0 Å². The molecule has 15 heavy (non-hydrogen) atoms. The number of Topliss-reactive ketones (excluding diaryl/α,β-unsaturated/α-hetero) is 1. The molecule has 2 nitrogen and oxygen atoms in total. The molecule has 0 unspecified atom stereocenters. The number of rotatable bonds is 4. The Bertz CT molecular complexity index is 422. The van der Waals surface area contributed by atoms with Crippen molar-refractivity contribution in [3.05, 3.63) is 52.5 Å². The molecule has 2 rings (SSSR count). The lowest BCUT2D eigenvalue weighted by atomic mass is 10.1. The zero-order valence-corrected chi connectivity index (χ0v) is 9.04. The third-order valence-corrected chi connectivity index (χ3v) is 2.94. The Morgan fingerprint density at radius 2 is 2.33 bits per heavy atom. The second kappa shape index (κ2) is 4.84. The number of aromatic nitrogens is 1. The Hall–Kier alpha value is -1.48. The summed E-state index contributed by atoms with van der Waals surface area (Å²) in [6.07, 6.45) is 4.67. The van der Waals surface area contributed by atoms with Gasteiger partial charge in [-0.25, -0.2) is 0 Å². The number of thiophene rings is 1. The van der Waals surface area contributed by atoms with Crippen molar-refractivity contribution >= 4 is 17.1 Å². The molecule has 2 heterocycles. The number of pyridine rings is 1. The number of aryl methyl sites for hydroxylation is 1. The first-order valence-corrected chi connectivity index (χ1v) is 5.75. The van der Waals surface area contributed by atoms with E-state index in [0.717, 1.165) is 6.42 Å². The maximum Gasteiger partial charge on any atom is 0.164 e. The van der Waals surface area contributed by atoms with Crippen molar-refractivity contribution < 1.29 is 4.79 Å². The van der Waals surface area contributed by atoms with Gasteiger partial charge in [0, 0.05) is 24.4 Å². The topological polar surface area (TPSA) is 30.0 Å². The SMILES string of the molecule is O=C(CCc1ccsc1)c1cccnc1. The Morgan fingerprint density at radius 3 is 3.00 bits per heavy atom. The molecule has 0 atom stereocenters. The van der Waals surface area contributed by atoms with Gasteiger partial charge in [0.2, 0.25) is 0 Å². The van der Waals surface area contributed by atoms with Crippen LogP contribution < -0.4 is 0 Å². The summed E-state index contributed by atoms with van der Waals surface area (Å²) in [4.78, 5) is 15.6. The molecule has 0 spiro atoms. The highest BCUT2D eigenvalue weighted by atomic mass is 32.1. The third-order valence-electron chi connectivity index (χ3n) is 2.20. The number of hydrogen-bond acceptors (Lipinski definition) is 3. The Morgan fingerprint density at radius 1 is 1.40 bits per heavy atom. The molecule has 0 aliphatic carbocycles. The van der Waals surface area contributed by atoms with Gasteiger partial charge in [0.05, 0.1) is 0 Å². The van der Waals surface area contributed by atoms with E-state index in [2.05, 4.69) is 16.4 Å². The molecular formula is C12H11NOS. The van der Waals surface area contributed by atoms with Gasteiger partial charge in [-0.3, -0.25) is 9.78 Å². The zero-order valence-electron chi connectivity index (χ0n) is 8.22. The molecule has 0 saturated carbocycles. The third kappa shape index (κ3) is 2.73. The lowest BCUT2D eigenvalue weighted by Crippen LogP contribution is -2.00. The number of carbonyl (C=O) groups excluding carboxylic acids is 1. The highest BCUT2D eigenvalue weighted by Crippen LogP contribution is 2.10. The molecule has 0 fully saturated rings. The summed E-state index contributed by atoms with van der Waals surface area (Å²) in [5, 5.41) is 4.11. The first-order chi connectivity index (χ1) is 7.36. The molecule has 0 saturated heterocycles. The van der Waals surface area contributed by atoms with Crippen molar-refractivity contribution in [3.63, 3.8) is 0 Å². The van der Waals surface area contributed by atoms with Crippen LogP contribution >= 0.6 is 11.3 Å². The van der Waals surface area contributed by atoms with Crippen LogP contribution in [0, 0.1) is 0 Å². The predicted octanol–water partition coefficient (Wildman–Crippen LogP) is 2.96. The van der Waals surface area contributed by atoms with Gasteiger partial charge in [-0.15, -0.1) is 0 Å². The van der Waals surface area contributed by atoms with Gasteiger partial charge >= 0.3 is 0 Å². The van der Waals surface area contributed by atoms with Gasteiger partial charge in [0.1, 0.15) is 0 Å². The fraction of sp³-hybridized carbons (Fsp3) is 0.167. The van der Waals surface area contributed by atoms with Gasteiger partial charge in [0.25, 0.3) is 0 Å². The average Bonchev–Trinajstić information content (AvgIpc) is 2.80. The zero-order chi connectivity index (χ0) is 10.5. The average molecular weight is 217 g/mol. The molecule has 2 aromatic rings. The summed E-state index contributed by atoms with van der Waals surface area (Å²) in [5.41, 5.74) is 1.94. The second-order valence-electron chi connectivity index (χ2n) is 3.30. The second-order valence-corrected chi connectivity index (χ2v) is 4.08. The van der Waals surface area contributed by atoms with Crippen molar-refractivity contribution in [2.75, 3.05) is 0 Å². The quantitative estimate of drug-likeness (QED) is 0.737. The maximum absolute atomic E-state index is 11.7. The van der Waals surface area contributed by atoms with Crippen molar-refractivity contribution in [1.82, 2.24) is 4.98 Å². The van der Waals surface area contributed by atoms with Gasteiger partial charge < -0.3 is 0 Å². The number of ketones is 1. The summed E-state index contributed by atoms with van der Waals surface area (Å²) >= 11 is 1.66. The number of carbonyl (C=O) groups is 1. The lowest BCUT2D eigenvalue weighted by molar-refractivity contribution is 0.0982. The minimum atomic E-state index is 0.161. The van der Waals surface area contributed by atoms with Crippen LogP contribution in [0.2, 0.25) is 0 Å². The van der Waals surface area contributed by atoms with Crippen molar-refractivity contribution in [3.8, 4) is 0 Å². The van der Waals surface area contributed by atoms with Crippen LogP contribution in [0.1, 0.15) is 22.3 Å². The molecule has 0 radical (unpaired) electrons.